The molecule has 0 saturated heterocycles. The molecule has 140 valence electrons. The zero-order valence-electron chi connectivity index (χ0n) is 14.6. The van der Waals surface area contributed by atoms with Crippen LogP contribution in [0, 0.1) is 0 Å². The minimum atomic E-state index is -0.942. The zero-order chi connectivity index (χ0) is 19.0. The molecular formula is C16H22O9. The first-order valence-electron chi connectivity index (χ1n) is 7.67. The zero-order valence-corrected chi connectivity index (χ0v) is 14.6. The largest absolute Gasteiger partial charge is 0.475 e. The molecule has 0 N–H and O–H groups in total. The molecule has 0 aromatic rings. The molecule has 25 heavy (non-hydrogen) atoms. The highest BCUT2D eigenvalue weighted by molar-refractivity contribution is 5.86. The Bertz CT molecular complexity index is 552. The van der Waals surface area contributed by atoms with Gasteiger partial charge in [0.05, 0.1) is 13.7 Å². The van der Waals surface area contributed by atoms with Crippen LogP contribution in [-0.4, -0.2) is 55.9 Å². The SMILES string of the molecule is COC(=O)C1=CCC(OC(C)=O)C(C(CCOC(C)=O)OC(C)=O)O1. The van der Waals surface area contributed by atoms with Crippen molar-refractivity contribution in [1.29, 1.82) is 0 Å². The van der Waals surface area contributed by atoms with Crippen LogP contribution >= 0.6 is 0 Å². The molecule has 1 aliphatic heterocycles. The fraction of sp³-hybridized carbons (Fsp3) is 0.625. The second-order valence-corrected chi connectivity index (χ2v) is 5.30. The molecule has 0 amide bonds. The Morgan fingerprint density at radius 1 is 1.16 bits per heavy atom. The second-order valence-electron chi connectivity index (χ2n) is 5.30. The molecule has 3 unspecified atom stereocenters. The second kappa shape index (κ2) is 9.65. The number of rotatable bonds is 7. The molecule has 0 radical (unpaired) electrons. The molecule has 0 spiro atoms. The lowest BCUT2D eigenvalue weighted by molar-refractivity contribution is -0.175. The van der Waals surface area contributed by atoms with E-state index in [0.29, 0.717) is 0 Å². The van der Waals surface area contributed by atoms with Crippen LogP contribution in [0.25, 0.3) is 0 Å². The third-order valence-electron chi connectivity index (χ3n) is 3.26. The van der Waals surface area contributed by atoms with Crippen LogP contribution in [-0.2, 0) is 42.9 Å². The smallest absolute Gasteiger partial charge is 0.372 e. The summed E-state index contributed by atoms with van der Waals surface area (Å²) >= 11 is 0. The van der Waals surface area contributed by atoms with E-state index in [1.165, 1.54) is 34.0 Å². The van der Waals surface area contributed by atoms with E-state index >= 15 is 0 Å². The molecule has 9 nitrogen and oxygen atoms in total. The Morgan fingerprint density at radius 2 is 1.84 bits per heavy atom. The summed E-state index contributed by atoms with van der Waals surface area (Å²) in [4.78, 5) is 45.3. The van der Waals surface area contributed by atoms with E-state index in [2.05, 4.69) is 4.74 Å². The van der Waals surface area contributed by atoms with Crippen molar-refractivity contribution >= 4 is 23.9 Å². The molecule has 1 rings (SSSR count). The summed E-state index contributed by atoms with van der Waals surface area (Å²) in [6.07, 6.45) is -0.882. The minimum Gasteiger partial charge on any atom is -0.475 e. The summed E-state index contributed by atoms with van der Waals surface area (Å²) in [5.74, 6) is -2.39. The van der Waals surface area contributed by atoms with Gasteiger partial charge in [-0.2, -0.15) is 0 Å². The maximum atomic E-state index is 11.7. The molecule has 0 aromatic carbocycles. The van der Waals surface area contributed by atoms with Crippen LogP contribution in [0.5, 0.6) is 0 Å². The highest BCUT2D eigenvalue weighted by Crippen LogP contribution is 2.26. The van der Waals surface area contributed by atoms with Crippen molar-refractivity contribution in [1.82, 2.24) is 0 Å². The number of ether oxygens (including phenoxy) is 5. The Morgan fingerprint density at radius 3 is 2.36 bits per heavy atom. The topological polar surface area (TPSA) is 114 Å². The predicted molar refractivity (Wildman–Crippen MR) is 81.9 cm³/mol. The molecule has 0 fully saturated rings. The van der Waals surface area contributed by atoms with Crippen molar-refractivity contribution in [3.63, 3.8) is 0 Å². The van der Waals surface area contributed by atoms with Crippen molar-refractivity contribution in [3.8, 4) is 0 Å². The van der Waals surface area contributed by atoms with Gasteiger partial charge < -0.3 is 23.7 Å². The van der Waals surface area contributed by atoms with E-state index in [9.17, 15) is 19.2 Å². The molecule has 1 heterocycles. The molecule has 0 bridgehead atoms. The normalized spacial score (nSPS) is 20.4. The Hall–Kier alpha value is -2.58. The monoisotopic (exact) mass is 358 g/mol. The van der Waals surface area contributed by atoms with Crippen molar-refractivity contribution in [2.45, 2.75) is 51.9 Å². The molecule has 0 aliphatic carbocycles. The summed E-state index contributed by atoms with van der Waals surface area (Å²) in [5.41, 5.74) is 0. The molecule has 0 aromatic heterocycles. The van der Waals surface area contributed by atoms with Crippen LogP contribution in [0.4, 0.5) is 0 Å². The fourth-order valence-electron chi connectivity index (χ4n) is 2.33. The van der Waals surface area contributed by atoms with Gasteiger partial charge in [-0.05, 0) is 6.08 Å². The van der Waals surface area contributed by atoms with Gasteiger partial charge in [-0.1, -0.05) is 0 Å². The molecular weight excluding hydrogens is 336 g/mol. The lowest BCUT2D eigenvalue weighted by Gasteiger charge is -2.35. The van der Waals surface area contributed by atoms with Crippen LogP contribution in [0.3, 0.4) is 0 Å². The third kappa shape index (κ3) is 6.82. The molecule has 0 saturated carbocycles. The van der Waals surface area contributed by atoms with Crippen LogP contribution < -0.4 is 0 Å². The maximum absolute atomic E-state index is 11.7. The van der Waals surface area contributed by atoms with Gasteiger partial charge in [-0.25, -0.2) is 4.79 Å². The van der Waals surface area contributed by atoms with Crippen LogP contribution in [0.15, 0.2) is 11.8 Å². The van der Waals surface area contributed by atoms with Gasteiger partial charge in [0, 0.05) is 33.6 Å². The van der Waals surface area contributed by atoms with E-state index < -0.39 is 42.2 Å². The number of methoxy groups -OCH3 is 1. The Kier molecular flexibility index (Phi) is 7.90. The van der Waals surface area contributed by atoms with Gasteiger partial charge in [-0.3, -0.25) is 14.4 Å². The van der Waals surface area contributed by atoms with E-state index in [1.807, 2.05) is 0 Å². The quantitative estimate of drug-likeness (QED) is 0.478. The fourth-order valence-corrected chi connectivity index (χ4v) is 2.33. The van der Waals surface area contributed by atoms with E-state index in [1.54, 1.807) is 0 Å². The third-order valence-corrected chi connectivity index (χ3v) is 3.26. The van der Waals surface area contributed by atoms with Crippen LogP contribution in [0.1, 0.15) is 33.6 Å². The standard InChI is InChI=1S/C16H22O9/c1-9(17)22-8-7-13(24-11(3)19)15-12(23-10(2)18)5-6-14(25-15)16(20)21-4/h6,12-13,15H,5,7-8H2,1-4H3. The van der Waals surface area contributed by atoms with Gasteiger partial charge in [0.15, 0.2) is 6.10 Å². The first-order valence-corrected chi connectivity index (χ1v) is 7.67. The average molecular weight is 358 g/mol. The number of hydrogen-bond acceptors (Lipinski definition) is 9. The number of carbonyl (C=O) groups excluding carboxylic acids is 4. The Labute approximate surface area is 145 Å². The summed E-state index contributed by atoms with van der Waals surface area (Å²) in [5, 5.41) is 0. The molecule has 1 aliphatic rings. The minimum absolute atomic E-state index is 0.0306. The highest BCUT2D eigenvalue weighted by atomic mass is 16.6. The van der Waals surface area contributed by atoms with E-state index in [-0.39, 0.29) is 25.2 Å². The molecule has 9 heteroatoms. The van der Waals surface area contributed by atoms with Crippen molar-refractivity contribution in [2.75, 3.05) is 13.7 Å². The van der Waals surface area contributed by atoms with Crippen LogP contribution in [0.2, 0.25) is 0 Å². The van der Waals surface area contributed by atoms with E-state index in [4.69, 9.17) is 18.9 Å². The first kappa shape index (κ1) is 20.5. The number of esters is 4. The maximum Gasteiger partial charge on any atom is 0.372 e. The Balaban J connectivity index is 2.98. The van der Waals surface area contributed by atoms with Crippen molar-refractivity contribution in [3.05, 3.63) is 11.8 Å². The van der Waals surface area contributed by atoms with Crippen molar-refractivity contribution < 1.29 is 42.9 Å². The predicted octanol–water partition coefficient (Wildman–Crippen LogP) is 0.649. The van der Waals surface area contributed by atoms with Crippen molar-refractivity contribution in [2.24, 2.45) is 0 Å². The highest BCUT2D eigenvalue weighted by Gasteiger charge is 2.40. The first-order chi connectivity index (χ1) is 11.7. The summed E-state index contributed by atoms with van der Waals surface area (Å²) in [6, 6.07) is 0. The summed E-state index contributed by atoms with van der Waals surface area (Å²) in [7, 11) is 1.20. The van der Waals surface area contributed by atoms with Gasteiger partial charge in [0.2, 0.25) is 5.76 Å². The lowest BCUT2D eigenvalue weighted by Crippen LogP contribution is -2.46. The van der Waals surface area contributed by atoms with E-state index in [0.717, 1.165) is 0 Å². The number of carbonyl (C=O) groups is 4. The molecule has 3 atom stereocenters. The summed E-state index contributed by atoms with van der Waals surface area (Å²) in [6.45, 7) is 3.66. The van der Waals surface area contributed by atoms with Gasteiger partial charge in [0.25, 0.3) is 0 Å². The van der Waals surface area contributed by atoms with Gasteiger partial charge in [0.1, 0.15) is 12.2 Å². The average Bonchev–Trinajstić information content (AvgIpc) is 2.52. The van der Waals surface area contributed by atoms with Gasteiger partial charge in [-0.15, -0.1) is 0 Å². The summed E-state index contributed by atoms with van der Waals surface area (Å²) < 4.78 is 25.4. The lowest BCUT2D eigenvalue weighted by atomic mass is 9.99. The number of hydrogen-bond donors (Lipinski definition) is 0. The van der Waals surface area contributed by atoms with Gasteiger partial charge >= 0.3 is 23.9 Å².